The summed E-state index contributed by atoms with van der Waals surface area (Å²) in [6.45, 7) is -0.537. The van der Waals surface area contributed by atoms with Crippen molar-refractivity contribution in [1.82, 2.24) is 4.98 Å². The lowest BCUT2D eigenvalue weighted by atomic mass is 10.2. The standard InChI is InChI=1S/C14H14N2O4S/c1-19-8-13(18)20-7-12(17)16-14-15-11(9-21-14)10-5-3-2-4-6-10/h2-6,9H,7-8H2,1H3,(H,15,16,17). The number of ether oxygens (including phenoxy) is 2. The van der Waals surface area contributed by atoms with Gasteiger partial charge in [-0.25, -0.2) is 9.78 Å². The van der Waals surface area contributed by atoms with Crippen LogP contribution < -0.4 is 5.32 Å². The summed E-state index contributed by atoms with van der Waals surface area (Å²) in [6.07, 6.45) is 0. The maximum absolute atomic E-state index is 11.6. The van der Waals surface area contributed by atoms with E-state index in [0.29, 0.717) is 5.13 Å². The Morgan fingerprint density at radius 3 is 2.71 bits per heavy atom. The molecule has 0 spiro atoms. The molecule has 1 aromatic heterocycles. The molecular formula is C14H14N2O4S. The van der Waals surface area contributed by atoms with Gasteiger partial charge in [-0.3, -0.25) is 10.1 Å². The van der Waals surface area contributed by atoms with Crippen LogP contribution in [-0.2, 0) is 19.1 Å². The molecule has 2 rings (SSSR count). The number of esters is 1. The number of benzene rings is 1. The summed E-state index contributed by atoms with van der Waals surface area (Å²) in [5, 5.41) is 4.89. The predicted octanol–water partition coefficient (Wildman–Crippen LogP) is 1.94. The largest absolute Gasteiger partial charge is 0.454 e. The molecule has 0 atom stereocenters. The predicted molar refractivity (Wildman–Crippen MR) is 79.0 cm³/mol. The van der Waals surface area contributed by atoms with Gasteiger partial charge >= 0.3 is 5.97 Å². The second-order valence-corrected chi connectivity index (χ2v) is 4.90. The summed E-state index contributed by atoms with van der Waals surface area (Å²) >= 11 is 1.31. The van der Waals surface area contributed by atoms with Crippen LogP contribution in [0.4, 0.5) is 5.13 Å². The van der Waals surface area contributed by atoms with E-state index in [2.05, 4.69) is 15.0 Å². The zero-order valence-corrected chi connectivity index (χ0v) is 12.2. The highest BCUT2D eigenvalue weighted by atomic mass is 32.1. The lowest BCUT2D eigenvalue weighted by Gasteiger charge is -2.03. The van der Waals surface area contributed by atoms with Gasteiger partial charge in [0, 0.05) is 18.1 Å². The fourth-order valence-electron chi connectivity index (χ4n) is 1.53. The molecule has 7 heteroatoms. The molecule has 1 aromatic carbocycles. The van der Waals surface area contributed by atoms with Crippen molar-refractivity contribution in [2.75, 3.05) is 25.6 Å². The Balaban J connectivity index is 1.88. The smallest absolute Gasteiger partial charge is 0.332 e. The maximum atomic E-state index is 11.6. The van der Waals surface area contributed by atoms with E-state index in [0.717, 1.165) is 11.3 Å². The van der Waals surface area contributed by atoms with Gasteiger partial charge in [-0.05, 0) is 0 Å². The Labute approximate surface area is 125 Å². The first-order valence-electron chi connectivity index (χ1n) is 6.14. The van der Waals surface area contributed by atoms with Crippen LogP contribution in [0.5, 0.6) is 0 Å². The van der Waals surface area contributed by atoms with E-state index in [4.69, 9.17) is 4.74 Å². The number of nitrogens with one attached hydrogen (secondary N) is 1. The first-order valence-corrected chi connectivity index (χ1v) is 7.02. The molecule has 0 aliphatic heterocycles. The van der Waals surface area contributed by atoms with Gasteiger partial charge in [0.25, 0.3) is 5.91 Å². The third-order valence-electron chi connectivity index (χ3n) is 2.45. The highest BCUT2D eigenvalue weighted by molar-refractivity contribution is 7.14. The third-order valence-corrected chi connectivity index (χ3v) is 3.20. The highest BCUT2D eigenvalue weighted by Gasteiger charge is 2.10. The van der Waals surface area contributed by atoms with Crippen LogP contribution in [0.1, 0.15) is 0 Å². The van der Waals surface area contributed by atoms with Crippen molar-refractivity contribution in [3.05, 3.63) is 35.7 Å². The summed E-state index contributed by atoms with van der Waals surface area (Å²) in [7, 11) is 1.38. The van der Waals surface area contributed by atoms with Gasteiger partial charge in [0.15, 0.2) is 11.7 Å². The zero-order valence-electron chi connectivity index (χ0n) is 11.4. The second-order valence-electron chi connectivity index (χ2n) is 4.05. The molecule has 2 aromatic rings. The summed E-state index contributed by atoms with van der Waals surface area (Å²) < 4.78 is 9.30. The summed E-state index contributed by atoms with van der Waals surface area (Å²) in [5.41, 5.74) is 1.76. The van der Waals surface area contributed by atoms with E-state index in [9.17, 15) is 9.59 Å². The van der Waals surface area contributed by atoms with Gasteiger partial charge in [0.1, 0.15) is 6.61 Å². The van der Waals surface area contributed by atoms with Crippen molar-refractivity contribution in [2.45, 2.75) is 0 Å². The SMILES string of the molecule is COCC(=O)OCC(=O)Nc1nc(-c2ccccc2)cs1. The Bertz CT molecular complexity index is 612. The number of hydrogen-bond donors (Lipinski definition) is 1. The number of hydrogen-bond acceptors (Lipinski definition) is 6. The van der Waals surface area contributed by atoms with E-state index in [1.54, 1.807) is 0 Å². The molecule has 1 N–H and O–H groups in total. The monoisotopic (exact) mass is 306 g/mol. The Morgan fingerprint density at radius 2 is 2.00 bits per heavy atom. The lowest BCUT2D eigenvalue weighted by molar-refractivity contribution is -0.150. The molecule has 21 heavy (non-hydrogen) atoms. The number of aromatic nitrogens is 1. The molecule has 0 bridgehead atoms. The maximum Gasteiger partial charge on any atom is 0.332 e. The molecule has 1 heterocycles. The molecule has 0 unspecified atom stereocenters. The van der Waals surface area contributed by atoms with Crippen molar-refractivity contribution in [3.8, 4) is 11.3 Å². The zero-order chi connectivity index (χ0) is 15.1. The van der Waals surface area contributed by atoms with E-state index < -0.39 is 11.9 Å². The van der Waals surface area contributed by atoms with Crippen molar-refractivity contribution in [1.29, 1.82) is 0 Å². The number of rotatable bonds is 6. The van der Waals surface area contributed by atoms with Crippen LogP contribution >= 0.6 is 11.3 Å². The van der Waals surface area contributed by atoms with Crippen LogP contribution in [0, 0.1) is 0 Å². The van der Waals surface area contributed by atoms with Gasteiger partial charge in [0.2, 0.25) is 0 Å². The molecular weight excluding hydrogens is 292 g/mol. The van der Waals surface area contributed by atoms with Gasteiger partial charge in [-0.1, -0.05) is 30.3 Å². The molecule has 6 nitrogen and oxygen atoms in total. The summed E-state index contributed by atoms with van der Waals surface area (Å²) in [4.78, 5) is 27.0. The number of carbonyl (C=O) groups excluding carboxylic acids is 2. The van der Waals surface area contributed by atoms with E-state index >= 15 is 0 Å². The van der Waals surface area contributed by atoms with Crippen molar-refractivity contribution >= 4 is 28.3 Å². The first-order chi connectivity index (χ1) is 10.2. The molecule has 0 fully saturated rings. The van der Waals surface area contributed by atoms with Crippen molar-refractivity contribution in [3.63, 3.8) is 0 Å². The van der Waals surface area contributed by atoms with Gasteiger partial charge in [-0.2, -0.15) is 0 Å². The van der Waals surface area contributed by atoms with Crippen LogP contribution in [0.25, 0.3) is 11.3 Å². The van der Waals surface area contributed by atoms with E-state index in [1.165, 1.54) is 18.4 Å². The summed E-state index contributed by atoms with van der Waals surface area (Å²) in [5.74, 6) is -1.02. The topological polar surface area (TPSA) is 77.5 Å². The number of thiazole rings is 1. The number of methoxy groups -OCH3 is 1. The highest BCUT2D eigenvalue weighted by Crippen LogP contribution is 2.24. The van der Waals surface area contributed by atoms with Gasteiger partial charge < -0.3 is 9.47 Å². The van der Waals surface area contributed by atoms with Crippen molar-refractivity contribution in [2.24, 2.45) is 0 Å². The van der Waals surface area contributed by atoms with Crippen LogP contribution in [0.3, 0.4) is 0 Å². The van der Waals surface area contributed by atoms with Crippen LogP contribution in [0.15, 0.2) is 35.7 Å². The molecule has 0 saturated heterocycles. The quantitative estimate of drug-likeness (QED) is 0.825. The van der Waals surface area contributed by atoms with Gasteiger partial charge in [0.05, 0.1) is 5.69 Å². The average Bonchev–Trinajstić information content (AvgIpc) is 2.95. The molecule has 0 aliphatic rings. The average molecular weight is 306 g/mol. The lowest BCUT2D eigenvalue weighted by Crippen LogP contribution is -2.22. The van der Waals surface area contributed by atoms with E-state index in [1.807, 2.05) is 35.7 Å². The Morgan fingerprint density at radius 1 is 1.24 bits per heavy atom. The molecule has 110 valence electrons. The van der Waals surface area contributed by atoms with Crippen LogP contribution in [-0.4, -0.2) is 37.2 Å². The van der Waals surface area contributed by atoms with Crippen LogP contribution in [0.2, 0.25) is 0 Å². The minimum atomic E-state index is -0.586. The minimum Gasteiger partial charge on any atom is -0.454 e. The Kier molecular flexibility index (Phi) is 5.42. The number of nitrogens with zero attached hydrogens (tertiary/aromatic N) is 1. The number of amides is 1. The van der Waals surface area contributed by atoms with E-state index in [-0.39, 0.29) is 13.2 Å². The second kappa shape index (κ2) is 7.51. The number of anilines is 1. The molecule has 0 aliphatic carbocycles. The van der Waals surface area contributed by atoms with Gasteiger partial charge in [-0.15, -0.1) is 11.3 Å². The fourth-order valence-corrected chi connectivity index (χ4v) is 2.27. The number of carbonyl (C=O) groups is 2. The first kappa shape index (κ1) is 15.1. The molecule has 0 radical (unpaired) electrons. The molecule has 1 amide bonds. The third kappa shape index (κ3) is 4.66. The minimum absolute atomic E-state index is 0.178. The molecule has 0 saturated carbocycles. The normalized spacial score (nSPS) is 10.1. The summed E-state index contributed by atoms with van der Waals surface area (Å²) in [6, 6.07) is 9.64. The fraction of sp³-hybridized carbons (Fsp3) is 0.214. The Hall–Kier alpha value is -2.25. The van der Waals surface area contributed by atoms with Crippen molar-refractivity contribution < 1.29 is 19.1 Å².